The number of anilines is 3. The van der Waals surface area contributed by atoms with Crippen molar-refractivity contribution in [3.8, 4) is 0 Å². The molecule has 3 rings (SSSR count). The fourth-order valence-electron chi connectivity index (χ4n) is 2.43. The average molecular weight is 385 g/mol. The first-order valence-corrected chi connectivity index (χ1v) is 8.13. The van der Waals surface area contributed by atoms with Crippen molar-refractivity contribution >= 4 is 28.8 Å². The van der Waals surface area contributed by atoms with Crippen LogP contribution < -0.4 is 10.6 Å². The van der Waals surface area contributed by atoms with Crippen molar-refractivity contribution in [3.05, 3.63) is 83.4 Å². The van der Waals surface area contributed by atoms with Crippen LogP contribution in [0.1, 0.15) is 27.6 Å². The van der Waals surface area contributed by atoms with E-state index in [0.717, 1.165) is 12.1 Å². The van der Waals surface area contributed by atoms with E-state index in [1.54, 1.807) is 18.2 Å². The topological polar surface area (TPSA) is 71.1 Å². The monoisotopic (exact) mass is 385 g/mol. The lowest BCUT2D eigenvalue weighted by molar-refractivity contribution is 0.101. The van der Waals surface area contributed by atoms with Crippen molar-refractivity contribution in [3.63, 3.8) is 0 Å². The Morgan fingerprint density at radius 1 is 0.893 bits per heavy atom. The lowest BCUT2D eigenvalue weighted by Crippen LogP contribution is -2.13. The van der Waals surface area contributed by atoms with Crippen molar-refractivity contribution in [2.75, 3.05) is 10.6 Å². The van der Waals surface area contributed by atoms with E-state index in [2.05, 4.69) is 15.6 Å². The van der Waals surface area contributed by atoms with Crippen LogP contribution in [-0.2, 0) is 0 Å². The number of amides is 1. The molecule has 1 amide bonds. The summed E-state index contributed by atoms with van der Waals surface area (Å²) in [6.07, 6.45) is 2.59. The Morgan fingerprint density at radius 3 is 2.39 bits per heavy atom. The van der Waals surface area contributed by atoms with E-state index in [-0.39, 0.29) is 22.7 Å². The summed E-state index contributed by atoms with van der Waals surface area (Å²) in [5.74, 6) is -4.93. The summed E-state index contributed by atoms with van der Waals surface area (Å²) in [4.78, 5) is 27.7. The molecule has 1 heterocycles. The average Bonchev–Trinajstić information content (AvgIpc) is 2.69. The van der Waals surface area contributed by atoms with E-state index in [0.29, 0.717) is 11.3 Å². The van der Waals surface area contributed by atoms with Gasteiger partial charge >= 0.3 is 0 Å². The first kappa shape index (κ1) is 19.1. The lowest BCUT2D eigenvalue weighted by atomic mass is 10.1. The van der Waals surface area contributed by atoms with E-state index < -0.39 is 23.4 Å². The van der Waals surface area contributed by atoms with E-state index in [1.807, 2.05) is 0 Å². The molecule has 142 valence electrons. The van der Waals surface area contributed by atoms with E-state index >= 15 is 0 Å². The van der Waals surface area contributed by atoms with Gasteiger partial charge in [-0.25, -0.2) is 13.2 Å². The zero-order valence-corrected chi connectivity index (χ0v) is 14.6. The second-order valence-corrected chi connectivity index (χ2v) is 5.90. The molecule has 28 heavy (non-hydrogen) atoms. The summed E-state index contributed by atoms with van der Waals surface area (Å²) in [6, 6.07) is 9.61. The van der Waals surface area contributed by atoms with Gasteiger partial charge in [0.15, 0.2) is 23.2 Å². The molecule has 0 aliphatic heterocycles. The number of rotatable bonds is 5. The second kappa shape index (κ2) is 7.91. The van der Waals surface area contributed by atoms with Gasteiger partial charge in [-0.1, -0.05) is 12.1 Å². The minimum atomic E-state index is -1.60. The van der Waals surface area contributed by atoms with Gasteiger partial charge in [0.1, 0.15) is 0 Å². The number of aromatic nitrogens is 1. The highest BCUT2D eigenvalue weighted by molar-refractivity contribution is 6.05. The normalized spacial score (nSPS) is 10.4. The quantitative estimate of drug-likeness (QED) is 0.493. The minimum absolute atomic E-state index is 0.140. The van der Waals surface area contributed by atoms with E-state index in [1.165, 1.54) is 31.5 Å². The fraction of sp³-hybridized carbons (Fsp3) is 0.0500. The standard InChI is InChI=1S/C20H14F3N3O2/c1-11(27)12-3-2-4-14(7-12)26-20(28)13-8-15(10-24-9-13)25-17-6-5-16(21)18(22)19(17)23/h2-10,25H,1H3,(H,26,28). The smallest absolute Gasteiger partial charge is 0.257 e. The molecule has 0 radical (unpaired) electrons. The number of benzene rings is 2. The maximum Gasteiger partial charge on any atom is 0.257 e. The van der Waals surface area contributed by atoms with Gasteiger partial charge in [0.25, 0.3) is 5.91 Å². The SMILES string of the molecule is CC(=O)c1cccc(NC(=O)c2cncc(Nc3ccc(F)c(F)c3F)c2)c1. The van der Waals surface area contributed by atoms with Crippen molar-refractivity contribution in [1.29, 1.82) is 0 Å². The molecule has 2 aromatic carbocycles. The zero-order chi connectivity index (χ0) is 20.3. The van der Waals surface area contributed by atoms with Gasteiger partial charge in [-0.15, -0.1) is 0 Å². The lowest BCUT2D eigenvalue weighted by Gasteiger charge is -2.10. The summed E-state index contributed by atoms with van der Waals surface area (Å²) >= 11 is 0. The number of halogens is 3. The van der Waals surface area contributed by atoms with Crippen LogP contribution in [0.4, 0.5) is 30.2 Å². The van der Waals surface area contributed by atoms with Crippen LogP contribution in [0.5, 0.6) is 0 Å². The fourth-order valence-corrected chi connectivity index (χ4v) is 2.43. The molecule has 2 N–H and O–H groups in total. The molecule has 0 aliphatic carbocycles. The van der Waals surface area contributed by atoms with Crippen LogP contribution >= 0.6 is 0 Å². The molecular formula is C20H14F3N3O2. The number of hydrogen-bond acceptors (Lipinski definition) is 4. The van der Waals surface area contributed by atoms with Crippen LogP contribution in [0, 0.1) is 17.5 Å². The summed E-state index contributed by atoms with van der Waals surface area (Å²) in [7, 11) is 0. The first-order chi connectivity index (χ1) is 13.3. The third-order valence-electron chi connectivity index (χ3n) is 3.84. The molecule has 0 fully saturated rings. The van der Waals surface area contributed by atoms with Crippen molar-refractivity contribution in [2.45, 2.75) is 6.92 Å². The Morgan fingerprint density at radius 2 is 1.64 bits per heavy atom. The van der Waals surface area contributed by atoms with E-state index in [9.17, 15) is 22.8 Å². The van der Waals surface area contributed by atoms with Crippen LogP contribution in [-0.4, -0.2) is 16.7 Å². The minimum Gasteiger partial charge on any atom is -0.352 e. The predicted octanol–water partition coefficient (Wildman–Crippen LogP) is 4.70. The number of Topliss-reactive ketones (excluding diaryl/α,β-unsaturated/α-hetero) is 1. The predicted molar refractivity (Wildman–Crippen MR) is 98.2 cm³/mol. The zero-order valence-electron chi connectivity index (χ0n) is 14.6. The van der Waals surface area contributed by atoms with Gasteiger partial charge in [0.05, 0.1) is 23.1 Å². The van der Waals surface area contributed by atoms with Gasteiger partial charge in [-0.05, 0) is 37.3 Å². The number of pyridine rings is 1. The van der Waals surface area contributed by atoms with Crippen LogP contribution in [0.15, 0.2) is 54.9 Å². The number of hydrogen-bond donors (Lipinski definition) is 2. The summed E-state index contributed by atoms with van der Waals surface area (Å²) in [6.45, 7) is 1.41. The molecular weight excluding hydrogens is 371 g/mol. The highest BCUT2D eigenvalue weighted by Crippen LogP contribution is 2.24. The summed E-state index contributed by atoms with van der Waals surface area (Å²) in [5.41, 5.74) is 0.909. The molecule has 0 saturated heterocycles. The molecule has 5 nitrogen and oxygen atoms in total. The first-order valence-electron chi connectivity index (χ1n) is 8.13. The molecule has 0 bridgehead atoms. The Balaban J connectivity index is 1.79. The van der Waals surface area contributed by atoms with Crippen LogP contribution in [0.2, 0.25) is 0 Å². The van der Waals surface area contributed by atoms with Gasteiger partial charge in [-0.3, -0.25) is 14.6 Å². The third-order valence-corrected chi connectivity index (χ3v) is 3.84. The van der Waals surface area contributed by atoms with Crippen LogP contribution in [0.3, 0.4) is 0 Å². The number of nitrogens with zero attached hydrogens (tertiary/aromatic N) is 1. The number of carbonyl (C=O) groups excluding carboxylic acids is 2. The Hall–Kier alpha value is -3.68. The van der Waals surface area contributed by atoms with Crippen molar-refractivity contribution < 1.29 is 22.8 Å². The van der Waals surface area contributed by atoms with Crippen LogP contribution in [0.25, 0.3) is 0 Å². The molecule has 0 unspecified atom stereocenters. The molecule has 0 aliphatic rings. The molecule has 8 heteroatoms. The highest BCUT2D eigenvalue weighted by Gasteiger charge is 2.14. The molecule has 3 aromatic rings. The maximum absolute atomic E-state index is 13.8. The Labute approximate surface area is 158 Å². The second-order valence-electron chi connectivity index (χ2n) is 5.90. The Kier molecular flexibility index (Phi) is 5.39. The van der Waals surface area contributed by atoms with Gasteiger partial charge in [-0.2, -0.15) is 0 Å². The largest absolute Gasteiger partial charge is 0.352 e. The number of carbonyl (C=O) groups is 2. The van der Waals surface area contributed by atoms with Crippen molar-refractivity contribution in [1.82, 2.24) is 4.98 Å². The number of ketones is 1. The van der Waals surface area contributed by atoms with E-state index in [4.69, 9.17) is 0 Å². The molecule has 1 aromatic heterocycles. The summed E-state index contributed by atoms with van der Waals surface area (Å²) < 4.78 is 40.2. The molecule has 0 atom stereocenters. The van der Waals surface area contributed by atoms with Gasteiger partial charge in [0, 0.05) is 17.4 Å². The summed E-state index contributed by atoms with van der Waals surface area (Å²) in [5, 5.41) is 5.18. The Bertz CT molecular complexity index is 1070. The van der Waals surface area contributed by atoms with Gasteiger partial charge < -0.3 is 10.6 Å². The van der Waals surface area contributed by atoms with Crippen molar-refractivity contribution in [2.24, 2.45) is 0 Å². The van der Waals surface area contributed by atoms with Gasteiger partial charge in [0.2, 0.25) is 0 Å². The highest BCUT2D eigenvalue weighted by atomic mass is 19.2. The third kappa shape index (κ3) is 4.17. The number of nitrogens with one attached hydrogen (secondary N) is 2. The molecule has 0 saturated carbocycles. The molecule has 0 spiro atoms. The maximum atomic E-state index is 13.8.